The van der Waals surface area contributed by atoms with Crippen molar-refractivity contribution in [1.29, 1.82) is 0 Å². The zero-order valence-electron chi connectivity index (χ0n) is 8.22. The van der Waals surface area contributed by atoms with E-state index in [2.05, 4.69) is 0 Å². The number of aliphatic hydroxyl groups is 1. The van der Waals surface area contributed by atoms with E-state index in [4.69, 9.17) is 9.84 Å². The molecule has 0 aromatic rings. The number of hydrogen-bond acceptors (Lipinski definition) is 3. The van der Waals surface area contributed by atoms with Crippen molar-refractivity contribution in [3.63, 3.8) is 0 Å². The van der Waals surface area contributed by atoms with Crippen LogP contribution < -0.4 is 0 Å². The summed E-state index contributed by atoms with van der Waals surface area (Å²) in [6.07, 6.45) is 3.82. The van der Waals surface area contributed by atoms with Gasteiger partial charge in [0.15, 0.2) is 0 Å². The van der Waals surface area contributed by atoms with E-state index in [1.165, 1.54) is 6.08 Å². The summed E-state index contributed by atoms with van der Waals surface area (Å²) in [6.45, 7) is 2.34. The number of carboxylic acid groups (broad SMARTS) is 1. The van der Waals surface area contributed by atoms with Crippen LogP contribution in [-0.2, 0) is 9.53 Å². The van der Waals surface area contributed by atoms with Gasteiger partial charge in [-0.1, -0.05) is 19.4 Å². The Kier molecular flexibility index (Phi) is 4.10. The highest BCUT2D eigenvalue weighted by atomic mass is 16.5. The third kappa shape index (κ3) is 2.82. The Balaban J connectivity index is 2.57. The smallest absolute Gasteiger partial charge is 0.327 e. The van der Waals surface area contributed by atoms with Crippen molar-refractivity contribution in [3.05, 3.63) is 12.2 Å². The first kappa shape index (κ1) is 11.2. The first-order valence-corrected chi connectivity index (χ1v) is 4.86. The lowest BCUT2D eigenvalue weighted by atomic mass is 9.95. The van der Waals surface area contributed by atoms with E-state index in [9.17, 15) is 9.90 Å². The zero-order chi connectivity index (χ0) is 10.6. The van der Waals surface area contributed by atoms with Crippen molar-refractivity contribution >= 4 is 5.97 Å². The molecule has 0 spiro atoms. The van der Waals surface area contributed by atoms with Crippen LogP contribution in [0.2, 0.25) is 0 Å². The summed E-state index contributed by atoms with van der Waals surface area (Å²) in [4.78, 5) is 10.3. The molecule has 3 unspecified atom stereocenters. The molecule has 3 atom stereocenters. The van der Waals surface area contributed by atoms with Crippen molar-refractivity contribution in [2.24, 2.45) is 5.92 Å². The summed E-state index contributed by atoms with van der Waals surface area (Å²) >= 11 is 0. The van der Waals surface area contributed by atoms with Gasteiger partial charge in [-0.2, -0.15) is 0 Å². The molecule has 2 N–H and O–H groups in total. The summed E-state index contributed by atoms with van der Waals surface area (Å²) < 4.78 is 5.36. The Bertz CT molecular complexity index is 222. The highest BCUT2D eigenvalue weighted by Gasteiger charge is 2.33. The largest absolute Gasteiger partial charge is 0.478 e. The Morgan fingerprint density at radius 2 is 2.36 bits per heavy atom. The summed E-state index contributed by atoms with van der Waals surface area (Å²) in [5.74, 6) is -1.16. The summed E-state index contributed by atoms with van der Waals surface area (Å²) in [5, 5.41) is 18.0. The maximum absolute atomic E-state index is 10.3. The molecule has 1 fully saturated rings. The first-order chi connectivity index (χ1) is 6.65. The quantitative estimate of drug-likeness (QED) is 0.659. The van der Waals surface area contributed by atoms with Gasteiger partial charge in [-0.3, -0.25) is 0 Å². The van der Waals surface area contributed by atoms with Gasteiger partial charge in [-0.05, 0) is 6.42 Å². The van der Waals surface area contributed by atoms with Gasteiger partial charge >= 0.3 is 5.97 Å². The van der Waals surface area contributed by atoms with Crippen LogP contribution in [0.1, 0.15) is 19.8 Å². The highest BCUT2D eigenvalue weighted by molar-refractivity contribution is 5.79. The maximum atomic E-state index is 10.3. The minimum atomic E-state index is -0.987. The van der Waals surface area contributed by atoms with Gasteiger partial charge < -0.3 is 14.9 Å². The molecule has 14 heavy (non-hydrogen) atoms. The molecule has 1 aliphatic rings. The third-order valence-corrected chi connectivity index (χ3v) is 2.39. The average Bonchev–Trinajstić information content (AvgIpc) is 2.45. The van der Waals surface area contributed by atoms with E-state index in [0.29, 0.717) is 6.61 Å². The van der Waals surface area contributed by atoms with E-state index >= 15 is 0 Å². The van der Waals surface area contributed by atoms with E-state index in [1.54, 1.807) is 0 Å². The van der Waals surface area contributed by atoms with E-state index in [-0.39, 0.29) is 12.0 Å². The minimum absolute atomic E-state index is 0.0365. The Morgan fingerprint density at radius 3 is 2.93 bits per heavy atom. The topological polar surface area (TPSA) is 66.8 Å². The predicted molar refractivity (Wildman–Crippen MR) is 50.9 cm³/mol. The van der Waals surface area contributed by atoms with Gasteiger partial charge in [-0.15, -0.1) is 0 Å². The molecule has 1 saturated heterocycles. The Morgan fingerprint density at radius 1 is 1.64 bits per heavy atom. The van der Waals surface area contributed by atoms with Gasteiger partial charge in [-0.25, -0.2) is 4.79 Å². The molecule has 0 saturated carbocycles. The average molecular weight is 200 g/mol. The fourth-order valence-corrected chi connectivity index (χ4v) is 1.70. The maximum Gasteiger partial charge on any atom is 0.327 e. The molecule has 80 valence electrons. The molecule has 4 heteroatoms. The SMILES string of the molecule is CCCC1OCC(O)C1/C=C\C(=O)O. The summed E-state index contributed by atoms with van der Waals surface area (Å²) in [7, 11) is 0. The summed E-state index contributed by atoms with van der Waals surface area (Å²) in [5.41, 5.74) is 0. The van der Waals surface area contributed by atoms with Gasteiger partial charge in [0.1, 0.15) is 0 Å². The van der Waals surface area contributed by atoms with E-state index in [1.807, 2.05) is 6.92 Å². The Labute approximate surface area is 83.2 Å². The molecule has 4 nitrogen and oxygen atoms in total. The first-order valence-electron chi connectivity index (χ1n) is 4.86. The van der Waals surface area contributed by atoms with Crippen molar-refractivity contribution < 1.29 is 19.7 Å². The number of hydrogen-bond donors (Lipinski definition) is 2. The second-order valence-corrected chi connectivity index (χ2v) is 3.50. The fourth-order valence-electron chi connectivity index (χ4n) is 1.70. The summed E-state index contributed by atoms with van der Waals surface area (Å²) in [6, 6.07) is 0. The molecule has 1 rings (SSSR count). The monoisotopic (exact) mass is 200 g/mol. The third-order valence-electron chi connectivity index (χ3n) is 2.39. The molecule has 0 bridgehead atoms. The Hall–Kier alpha value is -0.870. The molecule has 0 aromatic heterocycles. The van der Waals surface area contributed by atoms with Crippen molar-refractivity contribution in [2.45, 2.75) is 32.0 Å². The van der Waals surface area contributed by atoms with Crippen LogP contribution in [0.4, 0.5) is 0 Å². The lowest BCUT2D eigenvalue weighted by molar-refractivity contribution is -0.131. The normalized spacial score (nSPS) is 32.6. The zero-order valence-corrected chi connectivity index (χ0v) is 8.22. The second-order valence-electron chi connectivity index (χ2n) is 3.50. The highest BCUT2D eigenvalue weighted by Crippen LogP contribution is 2.26. The molecule has 1 heterocycles. The number of carbonyl (C=O) groups is 1. The van der Waals surface area contributed by atoms with Gasteiger partial charge in [0, 0.05) is 12.0 Å². The number of rotatable bonds is 4. The molecule has 0 aliphatic carbocycles. The van der Waals surface area contributed by atoms with Gasteiger partial charge in [0.2, 0.25) is 0 Å². The van der Waals surface area contributed by atoms with Crippen molar-refractivity contribution in [1.82, 2.24) is 0 Å². The van der Waals surface area contributed by atoms with Gasteiger partial charge in [0.05, 0.1) is 18.8 Å². The second kappa shape index (κ2) is 5.12. The van der Waals surface area contributed by atoms with Gasteiger partial charge in [0.25, 0.3) is 0 Å². The van der Waals surface area contributed by atoms with Crippen LogP contribution in [0.5, 0.6) is 0 Å². The van der Waals surface area contributed by atoms with E-state index < -0.39 is 12.1 Å². The molecule has 0 radical (unpaired) electrons. The predicted octanol–water partition coefficient (Wildman–Crippen LogP) is 0.803. The lowest BCUT2D eigenvalue weighted by Gasteiger charge is -2.15. The van der Waals surface area contributed by atoms with Crippen LogP contribution in [0.25, 0.3) is 0 Å². The molecule has 0 aromatic carbocycles. The van der Waals surface area contributed by atoms with Crippen LogP contribution in [0.3, 0.4) is 0 Å². The molecule has 1 aliphatic heterocycles. The fraction of sp³-hybridized carbons (Fsp3) is 0.700. The van der Waals surface area contributed by atoms with Crippen LogP contribution >= 0.6 is 0 Å². The minimum Gasteiger partial charge on any atom is -0.478 e. The molecular weight excluding hydrogens is 184 g/mol. The lowest BCUT2D eigenvalue weighted by Crippen LogP contribution is -2.22. The van der Waals surface area contributed by atoms with Crippen LogP contribution in [-0.4, -0.2) is 35.0 Å². The number of aliphatic carboxylic acids is 1. The molecular formula is C10H16O4. The number of ether oxygens (including phenoxy) is 1. The van der Waals surface area contributed by atoms with Crippen LogP contribution in [0.15, 0.2) is 12.2 Å². The van der Waals surface area contributed by atoms with E-state index in [0.717, 1.165) is 18.9 Å². The van der Waals surface area contributed by atoms with Crippen molar-refractivity contribution in [3.8, 4) is 0 Å². The molecule has 0 amide bonds. The number of carboxylic acids is 1. The standard InChI is InChI=1S/C10H16O4/c1-2-3-9-7(4-5-10(12)13)8(11)6-14-9/h4-5,7-9,11H,2-3,6H2,1H3,(H,12,13)/b5-4-. The van der Waals surface area contributed by atoms with Crippen LogP contribution in [0, 0.1) is 5.92 Å². The van der Waals surface area contributed by atoms with Crippen molar-refractivity contribution in [2.75, 3.05) is 6.61 Å². The number of aliphatic hydroxyl groups excluding tert-OH is 1.